The van der Waals surface area contributed by atoms with E-state index < -0.39 is 11.5 Å². The third kappa shape index (κ3) is 3.60. The van der Waals surface area contributed by atoms with E-state index in [0.717, 1.165) is 12.0 Å². The molecule has 21 heavy (non-hydrogen) atoms. The van der Waals surface area contributed by atoms with Crippen LogP contribution in [0, 0.1) is 11.7 Å². The van der Waals surface area contributed by atoms with Crippen molar-refractivity contribution in [2.45, 2.75) is 44.6 Å². The standard InChI is InChI=1S/C16H20FNO3/c1-11(6-7-12-4-2-5-13(17)10-12)14(19)18-16(15(20)21)8-3-9-16/h2,4-5,10-11H,3,6-9H2,1H3,(H,18,19)(H,20,21). The highest BCUT2D eigenvalue weighted by molar-refractivity contribution is 5.88. The van der Waals surface area contributed by atoms with Crippen molar-refractivity contribution in [3.05, 3.63) is 35.6 Å². The van der Waals surface area contributed by atoms with Crippen LogP contribution in [-0.2, 0) is 16.0 Å². The lowest BCUT2D eigenvalue weighted by atomic mass is 9.76. The highest BCUT2D eigenvalue weighted by atomic mass is 19.1. The molecule has 1 aliphatic carbocycles. The molecule has 1 atom stereocenters. The van der Waals surface area contributed by atoms with Crippen LogP contribution in [0.2, 0.25) is 0 Å². The number of halogens is 1. The summed E-state index contributed by atoms with van der Waals surface area (Å²) in [5, 5.41) is 11.9. The first kappa shape index (κ1) is 15.5. The molecule has 0 heterocycles. The Labute approximate surface area is 123 Å². The van der Waals surface area contributed by atoms with Crippen LogP contribution in [0.15, 0.2) is 24.3 Å². The van der Waals surface area contributed by atoms with E-state index in [1.807, 2.05) is 6.07 Å². The molecule has 1 aliphatic rings. The van der Waals surface area contributed by atoms with Crippen molar-refractivity contribution >= 4 is 11.9 Å². The fourth-order valence-corrected chi connectivity index (χ4v) is 2.49. The van der Waals surface area contributed by atoms with Gasteiger partial charge in [-0.1, -0.05) is 19.1 Å². The molecule has 2 N–H and O–H groups in total. The molecule has 0 aliphatic heterocycles. The Bertz CT molecular complexity index is 540. The first-order chi connectivity index (χ1) is 9.93. The molecule has 1 fully saturated rings. The van der Waals surface area contributed by atoms with Crippen LogP contribution in [0.1, 0.15) is 38.2 Å². The zero-order chi connectivity index (χ0) is 15.5. The lowest BCUT2D eigenvalue weighted by Gasteiger charge is -2.38. The van der Waals surface area contributed by atoms with Gasteiger partial charge in [-0.25, -0.2) is 9.18 Å². The molecule has 5 heteroatoms. The number of nitrogens with one attached hydrogen (secondary N) is 1. The summed E-state index contributed by atoms with van der Waals surface area (Å²) in [5.74, 6) is -1.79. The lowest BCUT2D eigenvalue weighted by Crippen LogP contribution is -2.60. The van der Waals surface area contributed by atoms with Gasteiger partial charge in [0.15, 0.2) is 0 Å². The fraction of sp³-hybridized carbons (Fsp3) is 0.500. The van der Waals surface area contributed by atoms with Crippen molar-refractivity contribution < 1.29 is 19.1 Å². The van der Waals surface area contributed by atoms with E-state index in [4.69, 9.17) is 0 Å². The van der Waals surface area contributed by atoms with E-state index in [1.165, 1.54) is 12.1 Å². The van der Waals surface area contributed by atoms with Crippen molar-refractivity contribution in [1.29, 1.82) is 0 Å². The fourth-order valence-electron chi connectivity index (χ4n) is 2.49. The predicted octanol–water partition coefficient (Wildman–Crippen LogP) is 2.52. The summed E-state index contributed by atoms with van der Waals surface area (Å²) in [6.07, 6.45) is 2.96. The van der Waals surface area contributed by atoms with Gasteiger partial charge in [0, 0.05) is 5.92 Å². The Kier molecular flexibility index (Phi) is 4.60. The number of rotatable bonds is 6. The normalized spacial score (nSPS) is 17.6. The number of carbonyl (C=O) groups is 2. The molecular formula is C16H20FNO3. The molecule has 0 radical (unpaired) electrons. The second-order valence-electron chi connectivity index (χ2n) is 5.80. The summed E-state index contributed by atoms with van der Waals surface area (Å²) in [7, 11) is 0. The van der Waals surface area contributed by atoms with Crippen molar-refractivity contribution in [2.75, 3.05) is 0 Å². The summed E-state index contributed by atoms with van der Waals surface area (Å²) in [6, 6.07) is 6.30. The summed E-state index contributed by atoms with van der Waals surface area (Å²) in [4.78, 5) is 23.3. The van der Waals surface area contributed by atoms with Crippen molar-refractivity contribution in [1.82, 2.24) is 5.32 Å². The molecule has 1 unspecified atom stereocenters. The highest BCUT2D eigenvalue weighted by Gasteiger charge is 2.46. The third-order valence-corrected chi connectivity index (χ3v) is 4.18. The molecule has 0 saturated heterocycles. The zero-order valence-electron chi connectivity index (χ0n) is 12.1. The quantitative estimate of drug-likeness (QED) is 0.847. The number of carbonyl (C=O) groups excluding carboxylic acids is 1. The minimum absolute atomic E-state index is 0.242. The van der Waals surface area contributed by atoms with Gasteiger partial charge < -0.3 is 10.4 Å². The first-order valence-corrected chi connectivity index (χ1v) is 7.23. The van der Waals surface area contributed by atoms with Crippen LogP contribution in [-0.4, -0.2) is 22.5 Å². The van der Waals surface area contributed by atoms with E-state index >= 15 is 0 Å². The number of aliphatic carboxylic acids is 1. The van der Waals surface area contributed by atoms with Crippen molar-refractivity contribution in [3.8, 4) is 0 Å². The van der Waals surface area contributed by atoms with Gasteiger partial charge >= 0.3 is 5.97 Å². The summed E-state index contributed by atoms with van der Waals surface area (Å²) in [6.45, 7) is 1.77. The van der Waals surface area contributed by atoms with Gasteiger partial charge in [-0.3, -0.25) is 4.79 Å². The average molecular weight is 293 g/mol. The van der Waals surface area contributed by atoms with Crippen LogP contribution in [0.25, 0.3) is 0 Å². The number of hydrogen-bond donors (Lipinski definition) is 2. The van der Waals surface area contributed by atoms with Gasteiger partial charge in [0.05, 0.1) is 0 Å². The second kappa shape index (κ2) is 6.24. The van der Waals surface area contributed by atoms with Crippen LogP contribution in [0.4, 0.5) is 4.39 Å². The minimum Gasteiger partial charge on any atom is -0.480 e. The van der Waals surface area contributed by atoms with E-state index in [1.54, 1.807) is 13.0 Å². The van der Waals surface area contributed by atoms with Crippen LogP contribution < -0.4 is 5.32 Å². The van der Waals surface area contributed by atoms with Gasteiger partial charge in [-0.2, -0.15) is 0 Å². The third-order valence-electron chi connectivity index (χ3n) is 4.18. The monoisotopic (exact) mass is 293 g/mol. The number of amides is 1. The van der Waals surface area contributed by atoms with Gasteiger partial charge in [0.2, 0.25) is 5.91 Å². The Morgan fingerprint density at radius 2 is 2.14 bits per heavy atom. The van der Waals surface area contributed by atoms with E-state index in [-0.39, 0.29) is 17.6 Å². The maximum absolute atomic E-state index is 13.1. The van der Waals surface area contributed by atoms with Crippen molar-refractivity contribution in [3.63, 3.8) is 0 Å². The molecule has 1 saturated carbocycles. The van der Waals surface area contributed by atoms with Crippen molar-refractivity contribution in [2.24, 2.45) is 5.92 Å². The average Bonchev–Trinajstić information content (AvgIpc) is 2.39. The number of carboxylic acids is 1. The minimum atomic E-state index is -1.07. The molecule has 114 valence electrons. The molecule has 0 spiro atoms. The van der Waals surface area contributed by atoms with Gasteiger partial charge in [-0.15, -0.1) is 0 Å². The molecular weight excluding hydrogens is 273 g/mol. The van der Waals surface area contributed by atoms with E-state index in [9.17, 15) is 19.1 Å². The largest absolute Gasteiger partial charge is 0.480 e. The van der Waals surface area contributed by atoms with Crippen LogP contribution >= 0.6 is 0 Å². The molecule has 1 aromatic rings. The molecule has 1 amide bonds. The van der Waals surface area contributed by atoms with Crippen LogP contribution in [0.5, 0.6) is 0 Å². The van der Waals surface area contributed by atoms with Gasteiger partial charge in [-0.05, 0) is 49.8 Å². The maximum atomic E-state index is 13.1. The summed E-state index contributed by atoms with van der Waals surface area (Å²) in [5.41, 5.74) is -0.226. The highest BCUT2D eigenvalue weighted by Crippen LogP contribution is 2.32. The number of benzene rings is 1. The lowest BCUT2D eigenvalue weighted by molar-refractivity contribution is -0.152. The molecule has 4 nitrogen and oxygen atoms in total. The van der Waals surface area contributed by atoms with E-state index in [0.29, 0.717) is 25.7 Å². The SMILES string of the molecule is CC(CCc1cccc(F)c1)C(=O)NC1(C(=O)O)CCC1. The van der Waals surface area contributed by atoms with Gasteiger partial charge in [0.25, 0.3) is 0 Å². The topological polar surface area (TPSA) is 66.4 Å². The summed E-state index contributed by atoms with van der Waals surface area (Å²) < 4.78 is 13.1. The van der Waals surface area contributed by atoms with Gasteiger partial charge in [0.1, 0.15) is 11.4 Å². The molecule has 1 aromatic carbocycles. The number of hydrogen-bond acceptors (Lipinski definition) is 2. The number of carboxylic acid groups (broad SMARTS) is 1. The summed E-state index contributed by atoms with van der Waals surface area (Å²) >= 11 is 0. The van der Waals surface area contributed by atoms with Crippen LogP contribution in [0.3, 0.4) is 0 Å². The zero-order valence-corrected chi connectivity index (χ0v) is 12.1. The Morgan fingerprint density at radius 3 is 2.67 bits per heavy atom. The smallest absolute Gasteiger partial charge is 0.329 e. The second-order valence-corrected chi connectivity index (χ2v) is 5.80. The van der Waals surface area contributed by atoms with E-state index in [2.05, 4.69) is 5.32 Å². The molecule has 0 aromatic heterocycles. The maximum Gasteiger partial charge on any atom is 0.329 e. The predicted molar refractivity (Wildman–Crippen MR) is 76.2 cm³/mol. The Morgan fingerprint density at radius 1 is 1.43 bits per heavy atom. The number of aryl methyl sites for hydroxylation is 1. The molecule has 2 rings (SSSR count). The Balaban J connectivity index is 1.87. The Hall–Kier alpha value is -1.91. The first-order valence-electron chi connectivity index (χ1n) is 7.23. The molecule has 0 bridgehead atoms.